The summed E-state index contributed by atoms with van der Waals surface area (Å²) in [6.07, 6.45) is 5.46. The van der Waals surface area contributed by atoms with Crippen molar-refractivity contribution in [3.63, 3.8) is 0 Å². The number of nitrogens with one attached hydrogen (secondary N) is 2. The molecule has 0 radical (unpaired) electrons. The van der Waals surface area contributed by atoms with Gasteiger partial charge in [-0.3, -0.25) is 14.8 Å². The fraction of sp³-hybridized carbons (Fsp3) is 0.611. The van der Waals surface area contributed by atoms with Gasteiger partial charge in [-0.2, -0.15) is 0 Å². The van der Waals surface area contributed by atoms with Crippen molar-refractivity contribution in [2.75, 3.05) is 32.7 Å². The lowest BCUT2D eigenvalue weighted by atomic mass is 10.2. The van der Waals surface area contributed by atoms with E-state index < -0.39 is 0 Å². The molecule has 1 aliphatic heterocycles. The van der Waals surface area contributed by atoms with E-state index in [0.717, 1.165) is 63.6 Å². The predicted molar refractivity (Wildman–Crippen MR) is 113 cm³/mol. The molecule has 1 amide bonds. The summed E-state index contributed by atoms with van der Waals surface area (Å²) in [7, 11) is 0. The topological polar surface area (TPSA) is 69.6 Å². The first kappa shape index (κ1) is 21.7. The molecule has 7 heteroatoms. The molecule has 140 valence electrons. The summed E-state index contributed by atoms with van der Waals surface area (Å²) < 4.78 is 0. The summed E-state index contributed by atoms with van der Waals surface area (Å²) in [5.41, 5.74) is 2.26. The van der Waals surface area contributed by atoms with E-state index in [1.165, 1.54) is 5.56 Å². The van der Waals surface area contributed by atoms with Crippen LogP contribution in [-0.2, 0) is 11.2 Å². The van der Waals surface area contributed by atoms with E-state index in [-0.39, 0.29) is 29.9 Å². The highest BCUT2D eigenvalue weighted by Crippen LogP contribution is 2.09. The quantitative estimate of drug-likeness (QED) is 0.271. The van der Waals surface area contributed by atoms with Gasteiger partial charge in [-0.15, -0.1) is 24.0 Å². The van der Waals surface area contributed by atoms with Gasteiger partial charge in [0.1, 0.15) is 0 Å². The number of aryl methyl sites for hydroxylation is 1. The molecule has 0 aromatic carbocycles. The number of rotatable bonds is 8. The van der Waals surface area contributed by atoms with E-state index in [1.54, 1.807) is 0 Å². The molecule has 1 aliphatic rings. The molecule has 0 bridgehead atoms. The second-order valence-corrected chi connectivity index (χ2v) is 6.08. The van der Waals surface area contributed by atoms with Gasteiger partial charge in [0.15, 0.2) is 5.96 Å². The third-order valence-electron chi connectivity index (χ3n) is 4.05. The summed E-state index contributed by atoms with van der Waals surface area (Å²) in [6.45, 7) is 8.16. The van der Waals surface area contributed by atoms with Crippen LogP contribution in [0.4, 0.5) is 0 Å². The maximum Gasteiger partial charge on any atom is 0.222 e. The minimum atomic E-state index is 0. The predicted octanol–water partition coefficient (Wildman–Crippen LogP) is 2.12. The number of halogens is 1. The van der Waals surface area contributed by atoms with Crippen LogP contribution in [0.15, 0.2) is 23.3 Å². The van der Waals surface area contributed by atoms with Gasteiger partial charge in [0.05, 0.1) is 0 Å². The van der Waals surface area contributed by atoms with Gasteiger partial charge in [0.2, 0.25) is 5.91 Å². The Morgan fingerprint density at radius 3 is 2.84 bits per heavy atom. The minimum absolute atomic E-state index is 0. The number of amides is 1. The lowest BCUT2D eigenvalue weighted by molar-refractivity contribution is -0.127. The molecule has 0 spiro atoms. The Labute approximate surface area is 167 Å². The Morgan fingerprint density at radius 1 is 1.36 bits per heavy atom. The number of pyridine rings is 1. The number of aliphatic imine (C=N–C) groups is 1. The summed E-state index contributed by atoms with van der Waals surface area (Å²) in [5.74, 6) is 1.13. The van der Waals surface area contributed by atoms with E-state index in [1.807, 2.05) is 24.1 Å². The smallest absolute Gasteiger partial charge is 0.222 e. The summed E-state index contributed by atoms with van der Waals surface area (Å²) in [6, 6.07) is 4.15. The Kier molecular flexibility index (Phi) is 10.4. The second kappa shape index (κ2) is 12.1. The Hall–Kier alpha value is -1.38. The monoisotopic (exact) mass is 459 g/mol. The number of aromatic nitrogens is 1. The van der Waals surface area contributed by atoms with Crippen LogP contribution in [0.25, 0.3) is 0 Å². The van der Waals surface area contributed by atoms with Crippen molar-refractivity contribution in [3.05, 3.63) is 29.6 Å². The number of likely N-dealkylation sites (tertiary alicyclic amines) is 1. The zero-order chi connectivity index (χ0) is 17.2. The van der Waals surface area contributed by atoms with Crippen molar-refractivity contribution in [2.24, 2.45) is 4.99 Å². The van der Waals surface area contributed by atoms with Crippen molar-refractivity contribution < 1.29 is 4.79 Å². The van der Waals surface area contributed by atoms with Crippen molar-refractivity contribution in [1.82, 2.24) is 20.5 Å². The van der Waals surface area contributed by atoms with Crippen molar-refractivity contribution in [1.29, 1.82) is 0 Å². The summed E-state index contributed by atoms with van der Waals surface area (Å²) >= 11 is 0. The van der Waals surface area contributed by atoms with E-state index in [0.29, 0.717) is 6.42 Å². The van der Waals surface area contributed by atoms with E-state index >= 15 is 0 Å². The average molecular weight is 459 g/mol. The van der Waals surface area contributed by atoms with E-state index in [4.69, 9.17) is 0 Å². The van der Waals surface area contributed by atoms with Crippen molar-refractivity contribution in [3.8, 4) is 0 Å². The Morgan fingerprint density at radius 2 is 2.20 bits per heavy atom. The van der Waals surface area contributed by atoms with Crippen LogP contribution < -0.4 is 10.6 Å². The van der Waals surface area contributed by atoms with Crippen LogP contribution in [0.3, 0.4) is 0 Å². The molecule has 25 heavy (non-hydrogen) atoms. The van der Waals surface area contributed by atoms with Gasteiger partial charge < -0.3 is 15.5 Å². The van der Waals surface area contributed by atoms with Crippen LogP contribution in [0, 0.1) is 6.92 Å². The van der Waals surface area contributed by atoms with Gasteiger partial charge in [-0.05, 0) is 44.7 Å². The highest BCUT2D eigenvalue weighted by molar-refractivity contribution is 14.0. The molecule has 1 fully saturated rings. The lowest BCUT2D eigenvalue weighted by Crippen LogP contribution is -2.38. The van der Waals surface area contributed by atoms with Gasteiger partial charge in [-0.25, -0.2) is 0 Å². The summed E-state index contributed by atoms with van der Waals surface area (Å²) in [5, 5.41) is 6.61. The van der Waals surface area contributed by atoms with Gasteiger partial charge in [0, 0.05) is 51.0 Å². The normalized spacial score (nSPS) is 14.4. The second-order valence-electron chi connectivity index (χ2n) is 6.08. The number of carbonyl (C=O) groups is 1. The molecule has 1 saturated heterocycles. The molecule has 0 saturated carbocycles. The number of guanidine groups is 1. The molecule has 2 N–H and O–H groups in total. The van der Waals surface area contributed by atoms with Crippen molar-refractivity contribution >= 4 is 35.8 Å². The molecule has 1 aromatic heterocycles. The van der Waals surface area contributed by atoms with E-state index in [2.05, 4.69) is 33.6 Å². The Bertz CT molecular complexity index is 547. The molecular weight excluding hydrogens is 429 g/mol. The zero-order valence-electron chi connectivity index (χ0n) is 15.3. The maximum atomic E-state index is 11.6. The van der Waals surface area contributed by atoms with Gasteiger partial charge in [0.25, 0.3) is 0 Å². The average Bonchev–Trinajstić information content (AvgIpc) is 2.98. The molecule has 1 aromatic rings. The molecule has 0 unspecified atom stereocenters. The highest BCUT2D eigenvalue weighted by Gasteiger charge is 2.18. The SMILES string of the molecule is CCNC(=NCCCN1CCCC1=O)NCCc1ccc(C)nc1.I. The largest absolute Gasteiger partial charge is 0.357 e. The third-order valence-corrected chi connectivity index (χ3v) is 4.05. The first-order valence-electron chi connectivity index (χ1n) is 8.90. The van der Waals surface area contributed by atoms with Crippen LogP contribution in [0.2, 0.25) is 0 Å². The number of hydrogen-bond donors (Lipinski definition) is 2. The first-order chi connectivity index (χ1) is 11.7. The molecule has 0 atom stereocenters. The third kappa shape index (κ3) is 8.02. The number of carbonyl (C=O) groups excluding carboxylic acids is 1. The lowest BCUT2D eigenvalue weighted by Gasteiger charge is -2.15. The minimum Gasteiger partial charge on any atom is -0.357 e. The first-order valence-corrected chi connectivity index (χ1v) is 8.90. The zero-order valence-corrected chi connectivity index (χ0v) is 17.6. The number of hydrogen-bond acceptors (Lipinski definition) is 3. The van der Waals surface area contributed by atoms with Crippen LogP contribution in [0.1, 0.15) is 37.4 Å². The van der Waals surface area contributed by atoms with Crippen LogP contribution in [0.5, 0.6) is 0 Å². The molecule has 6 nitrogen and oxygen atoms in total. The van der Waals surface area contributed by atoms with Gasteiger partial charge in [-0.1, -0.05) is 6.07 Å². The van der Waals surface area contributed by atoms with Crippen LogP contribution >= 0.6 is 24.0 Å². The van der Waals surface area contributed by atoms with Crippen molar-refractivity contribution in [2.45, 2.75) is 39.5 Å². The fourth-order valence-electron chi connectivity index (χ4n) is 2.71. The Balaban J connectivity index is 0.00000312. The molecule has 2 rings (SSSR count). The number of nitrogens with zero attached hydrogens (tertiary/aromatic N) is 3. The standard InChI is InChI=1S/C18H29N5O.HI/c1-3-19-18(20-10-5-13-23-12-4-6-17(23)24)21-11-9-16-8-7-15(2)22-14-16;/h7-8,14H,3-6,9-13H2,1-2H3,(H2,19,20,21);1H. The maximum absolute atomic E-state index is 11.6. The summed E-state index contributed by atoms with van der Waals surface area (Å²) in [4.78, 5) is 22.4. The highest BCUT2D eigenvalue weighted by atomic mass is 127. The molecular formula is C18H30IN5O. The molecule has 2 heterocycles. The fourth-order valence-corrected chi connectivity index (χ4v) is 2.71. The van der Waals surface area contributed by atoms with E-state index in [9.17, 15) is 4.79 Å². The molecule has 0 aliphatic carbocycles. The van der Waals surface area contributed by atoms with Crippen LogP contribution in [-0.4, -0.2) is 54.5 Å². The van der Waals surface area contributed by atoms with Gasteiger partial charge >= 0.3 is 0 Å².